The number of benzene rings is 1. The van der Waals surface area contributed by atoms with Gasteiger partial charge in [-0.05, 0) is 49.1 Å². The Hall–Kier alpha value is -3.63. The van der Waals surface area contributed by atoms with E-state index >= 15 is 0 Å². The van der Waals surface area contributed by atoms with Gasteiger partial charge in [-0.1, -0.05) is 23.3 Å². The highest BCUT2D eigenvalue weighted by Crippen LogP contribution is 2.33. The molecule has 0 aliphatic carbocycles. The van der Waals surface area contributed by atoms with Crippen molar-refractivity contribution >= 4 is 29.2 Å². The number of fused-ring (bicyclic) bond motifs is 1. The largest absolute Gasteiger partial charge is 0.379 e. The number of aromatic nitrogens is 1. The van der Waals surface area contributed by atoms with Crippen molar-refractivity contribution in [2.45, 2.75) is 26.7 Å². The summed E-state index contributed by atoms with van der Waals surface area (Å²) in [4.78, 5) is 30.7. The molecule has 0 fully saturated rings. The van der Waals surface area contributed by atoms with E-state index < -0.39 is 0 Å². The second-order valence-corrected chi connectivity index (χ2v) is 8.47. The Labute approximate surface area is 216 Å². The van der Waals surface area contributed by atoms with Crippen molar-refractivity contribution in [2.24, 2.45) is 5.11 Å². The molecule has 1 aliphatic rings. The van der Waals surface area contributed by atoms with Crippen LogP contribution in [-0.4, -0.2) is 69.5 Å². The molecular formula is C26H34N6O5. The summed E-state index contributed by atoms with van der Waals surface area (Å²) in [6, 6.07) is 7.63. The van der Waals surface area contributed by atoms with Crippen molar-refractivity contribution in [3.63, 3.8) is 0 Å². The van der Waals surface area contributed by atoms with E-state index in [-0.39, 0.29) is 11.8 Å². The summed E-state index contributed by atoms with van der Waals surface area (Å²) in [5.41, 5.74) is 14.5. The van der Waals surface area contributed by atoms with E-state index in [4.69, 9.17) is 19.7 Å². The van der Waals surface area contributed by atoms with Crippen molar-refractivity contribution in [1.29, 1.82) is 0 Å². The molecule has 2 aromatic rings. The van der Waals surface area contributed by atoms with E-state index in [2.05, 4.69) is 25.6 Å². The Bertz CT molecular complexity index is 1150. The van der Waals surface area contributed by atoms with Crippen LogP contribution < -0.4 is 10.6 Å². The van der Waals surface area contributed by atoms with Gasteiger partial charge in [0, 0.05) is 47.1 Å². The molecular weight excluding hydrogens is 476 g/mol. The minimum absolute atomic E-state index is 0.0401. The van der Waals surface area contributed by atoms with Gasteiger partial charge in [0.25, 0.3) is 5.91 Å². The second-order valence-electron chi connectivity index (χ2n) is 8.47. The van der Waals surface area contributed by atoms with Gasteiger partial charge in [-0.15, -0.1) is 0 Å². The Kier molecular flexibility index (Phi) is 11.2. The number of rotatable bonds is 16. The highest BCUT2D eigenvalue weighted by molar-refractivity contribution is 6.34. The van der Waals surface area contributed by atoms with Gasteiger partial charge in [0.05, 0.1) is 45.2 Å². The van der Waals surface area contributed by atoms with Crippen LogP contribution in [0.15, 0.2) is 29.4 Å². The quantitative estimate of drug-likeness (QED) is 0.104. The number of carbonyl (C=O) groups excluding carboxylic acids is 2. The molecule has 0 spiro atoms. The zero-order valence-corrected chi connectivity index (χ0v) is 21.3. The van der Waals surface area contributed by atoms with E-state index in [1.54, 1.807) is 0 Å². The smallest absolute Gasteiger partial charge is 0.256 e. The van der Waals surface area contributed by atoms with Crippen molar-refractivity contribution in [3.8, 4) is 0 Å². The molecule has 198 valence electrons. The first-order valence-electron chi connectivity index (χ1n) is 12.3. The normalized spacial score (nSPS) is 13.4. The monoisotopic (exact) mass is 510 g/mol. The number of aryl methyl sites for hydroxylation is 1. The molecule has 2 amide bonds. The molecule has 3 rings (SSSR count). The van der Waals surface area contributed by atoms with E-state index in [1.807, 2.05) is 44.2 Å². The van der Waals surface area contributed by atoms with Gasteiger partial charge < -0.3 is 29.8 Å². The Morgan fingerprint density at radius 1 is 1.08 bits per heavy atom. The van der Waals surface area contributed by atoms with Crippen molar-refractivity contribution < 1.29 is 23.8 Å². The minimum Gasteiger partial charge on any atom is -0.379 e. The van der Waals surface area contributed by atoms with Gasteiger partial charge in [0.15, 0.2) is 0 Å². The number of nitrogens with zero attached hydrogens (tertiary/aromatic N) is 3. The number of amides is 2. The fourth-order valence-corrected chi connectivity index (χ4v) is 4.04. The van der Waals surface area contributed by atoms with Crippen LogP contribution in [0.5, 0.6) is 0 Å². The SMILES string of the molecule is Cc1[nH]c(/C=C2/C(=O)Nc3ccccc32)c(C)c1CCC(=O)NCCOCCOCCOCCN=[N+]=[N-]. The molecule has 1 aliphatic heterocycles. The van der Waals surface area contributed by atoms with E-state index in [0.717, 1.165) is 33.8 Å². The fraction of sp³-hybridized carbons (Fsp3) is 0.462. The maximum atomic E-state index is 12.4. The molecule has 0 radical (unpaired) electrons. The molecule has 3 N–H and O–H groups in total. The van der Waals surface area contributed by atoms with Crippen LogP contribution in [0.25, 0.3) is 22.1 Å². The lowest BCUT2D eigenvalue weighted by atomic mass is 10.0. The van der Waals surface area contributed by atoms with Gasteiger partial charge in [0.1, 0.15) is 0 Å². The fourth-order valence-electron chi connectivity index (χ4n) is 4.04. The molecule has 1 aromatic carbocycles. The average Bonchev–Trinajstić information content (AvgIpc) is 3.35. The number of para-hydroxylation sites is 1. The van der Waals surface area contributed by atoms with Gasteiger partial charge in [0.2, 0.25) is 5.91 Å². The zero-order chi connectivity index (χ0) is 26.5. The predicted molar refractivity (Wildman–Crippen MR) is 141 cm³/mol. The lowest BCUT2D eigenvalue weighted by molar-refractivity contribution is -0.121. The van der Waals surface area contributed by atoms with Gasteiger partial charge >= 0.3 is 0 Å². The molecule has 11 heteroatoms. The lowest BCUT2D eigenvalue weighted by Crippen LogP contribution is -2.28. The van der Waals surface area contributed by atoms with Crippen LogP contribution in [-0.2, 0) is 30.2 Å². The van der Waals surface area contributed by atoms with Crippen molar-refractivity contribution in [2.75, 3.05) is 58.0 Å². The number of ether oxygens (including phenoxy) is 3. The summed E-state index contributed by atoms with van der Waals surface area (Å²) < 4.78 is 16.1. The molecule has 0 saturated carbocycles. The Balaban J connectivity index is 1.33. The third-order valence-electron chi connectivity index (χ3n) is 5.94. The van der Waals surface area contributed by atoms with Crippen molar-refractivity contribution in [1.82, 2.24) is 10.3 Å². The van der Waals surface area contributed by atoms with Crippen LogP contribution in [0.4, 0.5) is 5.69 Å². The topological polar surface area (TPSA) is 150 Å². The predicted octanol–water partition coefficient (Wildman–Crippen LogP) is 3.53. The van der Waals surface area contributed by atoms with E-state index in [1.165, 1.54) is 0 Å². The first-order chi connectivity index (χ1) is 18.0. The molecule has 0 bridgehead atoms. The Morgan fingerprint density at radius 3 is 2.54 bits per heavy atom. The van der Waals surface area contributed by atoms with Crippen LogP contribution in [0.1, 0.15) is 34.5 Å². The summed E-state index contributed by atoms with van der Waals surface area (Å²) in [7, 11) is 0. The second kappa shape index (κ2) is 14.8. The maximum Gasteiger partial charge on any atom is 0.256 e. The first-order valence-corrected chi connectivity index (χ1v) is 12.3. The van der Waals surface area contributed by atoms with Crippen LogP contribution in [0.2, 0.25) is 0 Å². The highest BCUT2D eigenvalue weighted by atomic mass is 16.5. The number of carbonyl (C=O) groups is 2. The maximum absolute atomic E-state index is 12.4. The summed E-state index contributed by atoms with van der Waals surface area (Å²) in [5, 5.41) is 9.14. The lowest BCUT2D eigenvalue weighted by Gasteiger charge is -2.08. The molecule has 0 saturated heterocycles. The minimum atomic E-state index is -0.115. The first kappa shape index (κ1) is 27.9. The standard InChI is InChI=1S/C26H34N6O5/c1-18-20(19(2)30-24(18)17-22-21-5-3-4-6-23(21)31-26(22)34)7-8-25(33)28-9-11-35-13-15-37-16-14-36-12-10-29-32-27/h3-6,17,30H,7-16H2,1-2H3,(H,28,33)(H,31,34)/b22-17+. The van der Waals surface area contributed by atoms with Crippen LogP contribution >= 0.6 is 0 Å². The van der Waals surface area contributed by atoms with E-state index in [9.17, 15) is 9.59 Å². The summed E-state index contributed by atoms with van der Waals surface area (Å²) >= 11 is 0. The number of hydrogen-bond donors (Lipinski definition) is 3. The number of anilines is 1. The number of H-pyrrole nitrogens is 1. The molecule has 2 heterocycles. The van der Waals surface area contributed by atoms with Gasteiger partial charge in [-0.25, -0.2) is 0 Å². The number of aromatic amines is 1. The molecule has 37 heavy (non-hydrogen) atoms. The number of nitrogens with one attached hydrogen (secondary N) is 3. The molecule has 1 aromatic heterocycles. The third kappa shape index (κ3) is 8.47. The number of hydrogen-bond acceptors (Lipinski definition) is 6. The summed E-state index contributed by atoms with van der Waals surface area (Å²) in [6.45, 7) is 7.24. The van der Waals surface area contributed by atoms with Gasteiger partial charge in [-0.3, -0.25) is 9.59 Å². The van der Waals surface area contributed by atoms with Crippen LogP contribution in [0, 0.1) is 13.8 Å². The van der Waals surface area contributed by atoms with Crippen LogP contribution in [0.3, 0.4) is 0 Å². The average molecular weight is 511 g/mol. The zero-order valence-electron chi connectivity index (χ0n) is 21.3. The highest BCUT2D eigenvalue weighted by Gasteiger charge is 2.24. The molecule has 0 atom stereocenters. The molecule has 0 unspecified atom stereocenters. The van der Waals surface area contributed by atoms with Crippen molar-refractivity contribution in [3.05, 3.63) is 62.8 Å². The van der Waals surface area contributed by atoms with Gasteiger partial charge in [-0.2, -0.15) is 0 Å². The third-order valence-corrected chi connectivity index (χ3v) is 5.94. The van der Waals surface area contributed by atoms with E-state index in [0.29, 0.717) is 71.1 Å². The molecule has 11 nitrogen and oxygen atoms in total. The number of azide groups is 1. The summed E-state index contributed by atoms with van der Waals surface area (Å²) in [5.74, 6) is -0.155. The Morgan fingerprint density at radius 2 is 1.78 bits per heavy atom. The summed E-state index contributed by atoms with van der Waals surface area (Å²) in [6.07, 6.45) is 2.85.